The molecular weight excluding hydrogens is 472 g/mol. The Kier molecular flexibility index (Phi) is 6.59. The van der Waals surface area contributed by atoms with Crippen LogP contribution in [0.15, 0.2) is 55.0 Å². The van der Waals surface area contributed by atoms with Crippen molar-refractivity contribution < 1.29 is 9.84 Å². The van der Waals surface area contributed by atoms with Gasteiger partial charge in [0.15, 0.2) is 0 Å². The van der Waals surface area contributed by atoms with Crippen molar-refractivity contribution in [1.29, 1.82) is 0 Å². The zero-order valence-electron chi connectivity index (χ0n) is 23.0. The molecule has 0 radical (unpaired) electrons. The molecule has 2 aromatic heterocycles. The number of ether oxygens (including phenoxy) is 1. The third-order valence-corrected chi connectivity index (χ3v) is 11.1. The van der Waals surface area contributed by atoms with Crippen LogP contribution in [0.25, 0.3) is 5.69 Å². The molecule has 0 unspecified atom stereocenters. The molecule has 7 atom stereocenters. The maximum atomic E-state index is 10.6. The number of nitrogens with zero attached hydrogens (tertiary/aromatic N) is 3. The molecule has 202 valence electrons. The van der Waals surface area contributed by atoms with Crippen molar-refractivity contribution in [2.24, 2.45) is 46.2 Å². The molecule has 2 fully saturated rings. The molecule has 6 rings (SSSR count). The molecule has 38 heavy (non-hydrogen) atoms. The van der Waals surface area contributed by atoms with Gasteiger partial charge >= 0.3 is 0 Å². The lowest BCUT2D eigenvalue weighted by molar-refractivity contribution is -0.0689. The molecule has 3 aliphatic carbocycles. The smallest absolute Gasteiger partial charge is 0.130 e. The van der Waals surface area contributed by atoms with Crippen LogP contribution in [0.1, 0.15) is 57.7 Å². The van der Waals surface area contributed by atoms with E-state index in [1.807, 2.05) is 41.1 Å². The van der Waals surface area contributed by atoms with E-state index in [2.05, 4.69) is 32.0 Å². The second kappa shape index (κ2) is 9.80. The van der Waals surface area contributed by atoms with Crippen molar-refractivity contribution in [3.8, 4) is 17.2 Å². The Morgan fingerprint density at radius 1 is 1.00 bits per heavy atom. The van der Waals surface area contributed by atoms with Gasteiger partial charge in [-0.2, -0.15) is 5.10 Å². The van der Waals surface area contributed by atoms with Crippen molar-refractivity contribution in [3.63, 3.8) is 0 Å². The predicted octanol–water partition coefficient (Wildman–Crippen LogP) is 5.81. The number of rotatable bonds is 6. The number of aliphatic hydroxyl groups is 1. The van der Waals surface area contributed by atoms with Crippen molar-refractivity contribution >= 4 is 0 Å². The molecule has 2 heterocycles. The molecule has 0 saturated heterocycles. The quantitative estimate of drug-likeness (QED) is 0.434. The van der Waals surface area contributed by atoms with Crippen LogP contribution in [0.3, 0.4) is 0 Å². The average molecular weight is 515 g/mol. The minimum absolute atomic E-state index is 0.0229. The highest BCUT2D eigenvalue weighted by atomic mass is 16.5. The second-order valence-corrected chi connectivity index (χ2v) is 12.7. The fourth-order valence-electron chi connectivity index (χ4n) is 8.53. The number of nitrogens with two attached hydrogens (primary N) is 1. The van der Waals surface area contributed by atoms with Gasteiger partial charge in [0.25, 0.3) is 0 Å². The van der Waals surface area contributed by atoms with E-state index in [1.165, 1.54) is 31.2 Å². The first-order valence-corrected chi connectivity index (χ1v) is 14.4. The summed E-state index contributed by atoms with van der Waals surface area (Å²) in [5, 5.41) is 15.6. The van der Waals surface area contributed by atoms with Crippen LogP contribution < -0.4 is 10.5 Å². The molecule has 0 aliphatic heterocycles. The highest BCUT2D eigenvalue weighted by molar-refractivity contribution is 5.40. The minimum atomic E-state index is 0.0229. The molecular formula is C32H42N4O2. The standard InChI is InChI=1S/C32H42N4O2/c1-21-4-9-28-27(18-33)29(10-13-31(21,28)2)32(3)17-22-19-36(35-30(22)16-23(32)20-37)24-5-7-25(8-6-24)38-26-11-14-34-15-12-26/h5-8,11-12,14-15,19,21,23,27-29,37H,4,9-10,13,16-18,20,33H2,1-3H3/t21-,23+,27-,28-,29-,31+,32-/m0/s1. The lowest BCUT2D eigenvalue weighted by Gasteiger charge is -2.56. The molecule has 6 heteroatoms. The van der Waals surface area contributed by atoms with E-state index in [1.54, 1.807) is 12.4 Å². The normalized spacial score (nSPS) is 34.5. The Bertz CT molecular complexity index is 1260. The van der Waals surface area contributed by atoms with Crippen LogP contribution in [-0.4, -0.2) is 33.0 Å². The summed E-state index contributed by atoms with van der Waals surface area (Å²) in [4.78, 5) is 4.04. The molecule has 2 saturated carbocycles. The summed E-state index contributed by atoms with van der Waals surface area (Å²) in [5.74, 6) is 4.30. The van der Waals surface area contributed by atoms with Crippen LogP contribution in [0.4, 0.5) is 0 Å². The van der Waals surface area contributed by atoms with Gasteiger partial charge in [-0.15, -0.1) is 0 Å². The molecule has 3 aliphatic rings. The van der Waals surface area contributed by atoms with E-state index in [-0.39, 0.29) is 17.9 Å². The summed E-state index contributed by atoms with van der Waals surface area (Å²) in [5.41, 5.74) is 10.4. The Balaban J connectivity index is 1.25. The summed E-state index contributed by atoms with van der Waals surface area (Å²) < 4.78 is 7.93. The fourth-order valence-corrected chi connectivity index (χ4v) is 8.53. The highest BCUT2D eigenvalue weighted by Gasteiger charge is 2.57. The van der Waals surface area contributed by atoms with Gasteiger partial charge in [-0.05, 0) is 127 Å². The number of fused-ring (bicyclic) bond motifs is 2. The van der Waals surface area contributed by atoms with Gasteiger partial charge in [0, 0.05) is 25.2 Å². The molecule has 0 bridgehead atoms. The Morgan fingerprint density at radius 3 is 2.42 bits per heavy atom. The van der Waals surface area contributed by atoms with Gasteiger partial charge in [0.05, 0.1) is 11.4 Å². The molecule has 0 spiro atoms. The largest absolute Gasteiger partial charge is 0.457 e. The lowest BCUT2D eigenvalue weighted by atomic mass is 9.49. The van der Waals surface area contributed by atoms with Crippen LogP contribution in [0, 0.1) is 40.4 Å². The second-order valence-electron chi connectivity index (χ2n) is 12.7. The Labute approximate surface area is 226 Å². The monoisotopic (exact) mass is 514 g/mol. The van der Waals surface area contributed by atoms with Gasteiger partial charge in [-0.1, -0.05) is 20.8 Å². The van der Waals surface area contributed by atoms with Crippen LogP contribution in [0.5, 0.6) is 11.5 Å². The zero-order valence-corrected chi connectivity index (χ0v) is 23.0. The third-order valence-electron chi connectivity index (χ3n) is 11.1. The maximum Gasteiger partial charge on any atom is 0.130 e. The summed E-state index contributed by atoms with van der Waals surface area (Å²) in [6.45, 7) is 8.37. The number of benzene rings is 1. The van der Waals surface area contributed by atoms with E-state index >= 15 is 0 Å². The molecule has 1 aromatic carbocycles. The van der Waals surface area contributed by atoms with Crippen LogP contribution in [-0.2, 0) is 12.8 Å². The molecule has 3 N–H and O–H groups in total. The van der Waals surface area contributed by atoms with Crippen LogP contribution in [0.2, 0.25) is 0 Å². The van der Waals surface area contributed by atoms with Gasteiger partial charge in [0.2, 0.25) is 0 Å². The Hall–Kier alpha value is -2.70. The molecule has 6 nitrogen and oxygen atoms in total. The first-order chi connectivity index (χ1) is 18.4. The summed E-state index contributed by atoms with van der Waals surface area (Å²) >= 11 is 0. The highest BCUT2D eigenvalue weighted by Crippen LogP contribution is 2.63. The van der Waals surface area contributed by atoms with E-state index in [0.717, 1.165) is 48.2 Å². The van der Waals surface area contributed by atoms with Crippen molar-refractivity contribution in [1.82, 2.24) is 14.8 Å². The van der Waals surface area contributed by atoms with Gasteiger partial charge in [-0.25, -0.2) is 4.68 Å². The van der Waals surface area contributed by atoms with Crippen molar-refractivity contribution in [2.75, 3.05) is 13.2 Å². The van der Waals surface area contributed by atoms with Crippen LogP contribution >= 0.6 is 0 Å². The van der Waals surface area contributed by atoms with E-state index < -0.39 is 0 Å². The van der Waals surface area contributed by atoms with E-state index in [9.17, 15) is 5.11 Å². The fraction of sp³-hybridized carbons (Fsp3) is 0.562. The van der Waals surface area contributed by atoms with Gasteiger partial charge in [-0.3, -0.25) is 4.98 Å². The maximum absolute atomic E-state index is 10.6. The van der Waals surface area contributed by atoms with E-state index in [4.69, 9.17) is 15.6 Å². The lowest BCUT2D eigenvalue weighted by Crippen LogP contribution is -2.53. The molecule has 0 amide bonds. The molecule has 3 aromatic rings. The number of pyridine rings is 1. The van der Waals surface area contributed by atoms with Crippen molar-refractivity contribution in [2.45, 2.75) is 59.3 Å². The summed E-state index contributed by atoms with van der Waals surface area (Å²) in [6, 6.07) is 11.7. The topological polar surface area (TPSA) is 86.2 Å². The average Bonchev–Trinajstić information content (AvgIpc) is 3.48. The minimum Gasteiger partial charge on any atom is -0.457 e. The first kappa shape index (κ1) is 25.6. The predicted molar refractivity (Wildman–Crippen MR) is 149 cm³/mol. The summed E-state index contributed by atoms with van der Waals surface area (Å²) in [7, 11) is 0. The number of aliphatic hydroxyl groups excluding tert-OH is 1. The zero-order chi connectivity index (χ0) is 26.5. The number of hydrogen-bond donors (Lipinski definition) is 2. The van der Waals surface area contributed by atoms with E-state index in [0.29, 0.717) is 23.2 Å². The first-order valence-electron chi connectivity index (χ1n) is 14.4. The Morgan fingerprint density at radius 2 is 1.71 bits per heavy atom. The third kappa shape index (κ3) is 4.17. The van der Waals surface area contributed by atoms with Gasteiger partial charge in [0.1, 0.15) is 11.5 Å². The number of aromatic nitrogens is 3. The number of hydrogen-bond acceptors (Lipinski definition) is 5. The SMILES string of the molecule is C[C@H]1CC[C@H]2[C@H](CN)[C@@H]([C@@]3(C)Cc4cn(-c5ccc(Oc6ccncc6)cc5)nc4C[C@@H]3CO)CC[C@]12C. The van der Waals surface area contributed by atoms with Gasteiger partial charge < -0.3 is 15.6 Å². The van der Waals surface area contributed by atoms with Crippen molar-refractivity contribution in [3.05, 3.63) is 66.2 Å². The summed E-state index contributed by atoms with van der Waals surface area (Å²) in [6.07, 6.45) is 12.6.